The molecule has 2 fully saturated rings. The molecule has 1 aromatic heterocycles. The minimum absolute atomic E-state index is 0.378. The Balaban J connectivity index is 1.39. The van der Waals surface area contributed by atoms with Gasteiger partial charge in [0.05, 0.1) is 5.52 Å². The molecule has 1 N–H and O–H groups in total. The molecule has 0 aliphatic carbocycles. The number of nitrogens with one attached hydrogen (secondary N) is 1. The van der Waals surface area contributed by atoms with Crippen LogP contribution in [0.15, 0.2) is 27.4 Å². The van der Waals surface area contributed by atoms with Gasteiger partial charge in [-0.05, 0) is 18.9 Å². The summed E-state index contributed by atoms with van der Waals surface area (Å²) in [6.07, 6.45) is 2.32. The number of hydrogen-bond donors (Lipinski definition) is 1. The number of H-pyrrole nitrogens is 1. The molecule has 0 saturated carbocycles. The number of ether oxygens (including phenoxy) is 1. The first-order valence-electron chi connectivity index (χ1n) is 8.44. The maximum absolute atomic E-state index is 11.4. The molecule has 0 atom stereocenters. The number of hydrogen-bond acceptors (Lipinski definition) is 5. The highest BCUT2D eigenvalue weighted by atomic mass is 16.5. The summed E-state index contributed by atoms with van der Waals surface area (Å²) in [4.78, 5) is 19.2. The summed E-state index contributed by atoms with van der Waals surface area (Å²) in [5.41, 5.74) is 2.57. The van der Waals surface area contributed by atoms with Crippen LogP contribution >= 0.6 is 0 Å². The number of nitrogens with zero attached hydrogens (tertiary/aromatic N) is 2. The molecule has 0 radical (unpaired) electrons. The van der Waals surface area contributed by atoms with Gasteiger partial charge in [0.1, 0.15) is 0 Å². The van der Waals surface area contributed by atoms with Crippen LogP contribution in [0, 0.1) is 0 Å². The normalized spacial score (nSPS) is 21.9. The molecule has 2 aliphatic rings. The lowest BCUT2D eigenvalue weighted by Crippen LogP contribution is -2.51. The molecule has 6 heteroatoms. The Labute approximate surface area is 135 Å². The van der Waals surface area contributed by atoms with Crippen LogP contribution in [0.5, 0.6) is 0 Å². The van der Waals surface area contributed by atoms with Crippen molar-refractivity contribution in [1.82, 2.24) is 14.8 Å². The van der Waals surface area contributed by atoms with Crippen LogP contribution in [0.25, 0.3) is 11.1 Å². The molecule has 2 aliphatic heterocycles. The van der Waals surface area contributed by atoms with E-state index in [2.05, 4.69) is 14.8 Å². The van der Waals surface area contributed by atoms with E-state index in [1.165, 1.54) is 0 Å². The Kier molecular flexibility index (Phi) is 4.20. The summed E-state index contributed by atoms with van der Waals surface area (Å²) in [6, 6.07) is 6.59. The third kappa shape index (κ3) is 3.20. The van der Waals surface area contributed by atoms with E-state index in [1.807, 2.05) is 18.2 Å². The van der Waals surface area contributed by atoms with Crippen LogP contribution in [-0.2, 0) is 11.3 Å². The van der Waals surface area contributed by atoms with Crippen LogP contribution in [0.3, 0.4) is 0 Å². The number of aromatic amines is 1. The van der Waals surface area contributed by atoms with Gasteiger partial charge in [-0.15, -0.1) is 0 Å². The van der Waals surface area contributed by atoms with Crippen molar-refractivity contribution in [3.05, 3.63) is 34.3 Å². The van der Waals surface area contributed by atoms with Crippen LogP contribution < -0.4 is 5.76 Å². The standard InChI is InChI=1S/C17H23N3O3/c21-17-18-15-3-1-2-13(16(15)23-17)12-19-6-8-20(9-7-19)14-4-10-22-11-5-14/h1-3,14H,4-12H2,(H,18,21). The van der Waals surface area contributed by atoms with Crippen LogP contribution in [0.4, 0.5) is 0 Å². The molecule has 2 saturated heterocycles. The predicted octanol–water partition coefficient (Wildman–Crippen LogP) is 1.42. The Morgan fingerprint density at radius 1 is 1.13 bits per heavy atom. The lowest BCUT2D eigenvalue weighted by atomic mass is 10.1. The largest absolute Gasteiger partial charge is 0.417 e. The lowest BCUT2D eigenvalue weighted by molar-refractivity contribution is 0.0126. The van der Waals surface area contributed by atoms with Crippen molar-refractivity contribution in [3.63, 3.8) is 0 Å². The molecule has 0 unspecified atom stereocenters. The van der Waals surface area contributed by atoms with Gasteiger partial charge in [0.15, 0.2) is 5.58 Å². The molecule has 3 heterocycles. The van der Waals surface area contributed by atoms with Gasteiger partial charge in [-0.3, -0.25) is 14.8 Å². The number of piperazine rings is 1. The molecule has 4 rings (SSSR count). The van der Waals surface area contributed by atoms with Gasteiger partial charge in [-0.25, -0.2) is 4.79 Å². The second-order valence-electron chi connectivity index (χ2n) is 6.46. The fourth-order valence-electron chi connectivity index (χ4n) is 3.73. The third-order valence-electron chi connectivity index (χ3n) is 5.04. The summed E-state index contributed by atoms with van der Waals surface area (Å²) in [5.74, 6) is -0.378. The molecule has 124 valence electrons. The second kappa shape index (κ2) is 6.47. The zero-order chi connectivity index (χ0) is 15.6. The number of aromatic nitrogens is 1. The van der Waals surface area contributed by atoms with Crippen molar-refractivity contribution >= 4 is 11.1 Å². The van der Waals surface area contributed by atoms with E-state index in [1.54, 1.807) is 0 Å². The second-order valence-corrected chi connectivity index (χ2v) is 6.46. The van der Waals surface area contributed by atoms with E-state index in [0.717, 1.165) is 69.9 Å². The number of para-hydroxylation sites is 1. The zero-order valence-corrected chi connectivity index (χ0v) is 13.3. The first-order chi connectivity index (χ1) is 11.3. The summed E-state index contributed by atoms with van der Waals surface area (Å²) >= 11 is 0. The van der Waals surface area contributed by atoms with Crippen molar-refractivity contribution in [2.75, 3.05) is 39.4 Å². The quantitative estimate of drug-likeness (QED) is 0.927. The summed E-state index contributed by atoms with van der Waals surface area (Å²) in [7, 11) is 0. The van der Waals surface area contributed by atoms with Crippen molar-refractivity contribution < 1.29 is 9.15 Å². The van der Waals surface area contributed by atoms with Crippen LogP contribution in [-0.4, -0.2) is 60.2 Å². The van der Waals surface area contributed by atoms with Gasteiger partial charge in [-0.1, -0.05) is 12.1 Å². The molecular weight excluding hydrogens is 294 g/mol. The summed E-state index contributed by atoms with van der Waals surface area (Å²) < 4.78 is 10.8. The number of rotatable bonds is 3. The maximum Gasteiger partial charge on any atom is 0.417 e. The van der Waals surface area contributed by atoms with Gasteiger partial charge < -0.3 is 9.15 Å². The summed E-state index contributed by atoms with van der Waals surface area (Å²) in [5, 5.41) is 0. The van der Waals surface area contributed by atoms with E-state index >= 15 is 0 Å². The number of fused-ring (bicyclic) bond motifs is 1. The zero-order valence-electron chi connectivity index (χ0n) is 13.3. The van der Waals surface area contributed by atoms with Gasteiger partial charge in [0.25, 0.3) is 0 Å². The SMILES string of the molecule is O=c1[nH]c2cccc(CN3CCN(C4CCOCC4)CC3)c2o1. The van der Waals surface area contributed by atoms with E-state index < -0.39 is 0 Å². The lowest BCUT2D eigenvalue weighted by Gasteiger charge is -2.40. The summed E-state index contributed by atoms with van der Waals surface area (Å²) in [6.45, 7) is 6.97. The topological polar surface area (TPSA) is 61.7 Å². The molecule has 6 nitrogen and oxygen atoms in total. The van der Waals surface area contributed by atoms with Gasteiger partial charge in [0, 0.05) is 57.5 Å². The van der Waals surface area contributed by atoms with Gasteiger partial charge in [-0.2, -0.15) is 0 Å². The van der Waals surface area contributed by atoms with E-state index in [9.17, 15) is 4.79 Å². The van der Waals surface area contributed by atoms with Gasteiger partial charge in [0.2, 0.25) is 0 Å². The third-order valence-corrected chi connectivity index (χ3v) is 5.04. The van der Waals surface area contributed by atoms with E-state index in [-0.39, 0.29) is 5.76 Å². The smallest absolute Gasteiger partial charge is 0.408 e. The number of oxazole rings is 1. The minimum Gasteiger partial charge on any atom is -0.408 e. The maximum atomic E-state index is 11.4. The highest BCUT2D eigenvalue weighted by Crippen LogP contribution is 2.20. The Bertz CT molecular complexity index is 709. The Hall–Kier alpha value is -1.63. The average Bonchev–Trinajstić information content (AvgIpc) is 2.98. The van der Waals surface area contributed by atoms with E-state index in [0.29, 0.717) is 11.6 Å². The highest BCUT2D eigenvalue weighted by Gasteiger charge is 2.25. The minimum atomic E-state index is -0.378. The number of benzene rings is 1. The average molecular weight is 317 g/mol. The fourth-order valence-corrected chi connectivity index (χ4v) is 3.73. The molecular formula is C17H23N3O3. The molecule has 0 spiro atoms. The van der Waals surface area contributed by atoms with Crippen molar-refractivity contribution in [1.29, 1.82) is 0 Å². The molecule has 0 amide bonds. The van der Waals surface area contributed by atoms with Crippen molar-refractivity contribution in [3.8, 4) is 0 Å². The first kappa shape index (κ1) is 14.9. The predicted molar refractivity (Wildman–Crippen MR) is 87.5 cm³/mol. The Morgan fingerprint density at radius 3 is 2.70 bits per heavy atom. The monoisotopic (exact) mass is 317 g/mol. The van der Waals surface area contributed by atoms with Crippen molar-refractivity contribution in [2.45, 2.75) is 25.4 Å². The van der Waals surface area contributed by atoms with Crippen molar-refractivity contribution in [2.24, 2.45) is 0 Å². The first-order valence-corrected chi connectivity index (χ1v) is 8.44. The molecule has 23 heavy (non-hydrogen) atoms. The van der Waals surface area contributed by atoms with Crippen LogP contribution in [0.1, 0.15) is 18.4 Å². The molecule has 1 aromatic carbocycles. The fraction of sp³-hybridized carbons (Fsp3) is 0.588. The Morgan fingerprint density at radius 2 is 1.91 bits per heavy atom. The van der Waals surface area contributed by atoms with Gasteiger partial charge >= 0.3 is 5.76 Å². The highest BCUT2D eigenvalue weighted by molar-refractivity contribution is 5.75. The molecule has 2 aromatic rings. The van der Waals surface area contributed by atoms with E-state index in [4.69, 9.17) is 9.15 Å². The van der Waals surface area contributed by atoms with Crippen LogP contribution in [0.2, 0.25) is 0 Å². The molecule has 0 bridgehead atoms.